The number of pyridine rings is 1. The van der Waals surface area contributed by atoms with Gasteiger partial charge in [0, 0.05) is 44.0 Å². The summed E-state index contributed by atoms with van der Waals surface area (Å²) in [6, 6.07) is 4.57. The summed E-state index contributed by atoms with van der Waals surface area (Å²) < 4.78 is 16.6. The molecule has 30 heavy (non-hydrogen) atoms. The van der Waals surface area contributed by atoms with Gasteiger partial charge in [0.05, 0.1) is 32.3 Å². The zero-order chi connectivity index (χ0) is 21.0. The molecule has 0 aromatic carbocycles. The number of likely N-dealkylation sites (tertiary alicyclic amines) is 1. The van der Waals surface area contributed by atoms with Crippen molar-refractivity contribution in [2.75, 3.05) is 53.1 Å². The van der Waals surface area contributed by atoms with Crippen molar-refractivity contribution < 1.29 is 19.0 Å². The van der Waals surface area contributed by atoms with Crippen molar-refractivity contribution in [2.24, 2.45) is 11.3 Å². The van der Waals surface area contributed by atoms with Crippen LogP contribution >= 0.6 is 0 Å². The molecule has 0 N–H and O–H groups in total. The molecular formula is C23H35N3O4. The lowest BCUT2D eigenvalue weighted by atomic mass is 9.61. The van der Waals surface area contributed by atoms with Crippen LogP contribution in [-0.4, -0.2) is 79.9 Å². The van der Waals surface area contributed by atoms with Crippen molar-refractivity contribution in [2.45, 2.75) is 45.2 Å². The van der Waals surface area contributed by atoms with Crippen LogP contribution < -0.4 is 4.74 Å². The smallest absolute Gasteiger partial charge is 0.313 e. The van der Waals surface area contributed by atoms with Gasteiger partial charge in [-0.05, 0) is 51.1 Å². The maximum Gasteiger partial charge on any atom is 0.313 e. The second-order valence-corrected chi connectivity index (χ2v) is 8.82. The van der Waals surface area contributed by atoms with Gasteiger partial charge in [-0.25, -0.2) is 4.98 Å². The SMILES string of the molecule is CCOC(=O)[C@@]12CC[C@@H](N3CCOCC3)C[C@H]1CCN(Cc1cccnc1OC)C2. The second kappa shape index (κ2) is 9.62. The molecule has 7 nitrogen and oxygen atoms in total. The number of piperidine rings is 1. The minimum Gasteiger partial charge on any atom is -0.481 e. The normalized spacial score (nSPS) is 30.5. The van der Waals surface area contributed by atoms with Gasteiger partial charge in [-0.3, -0.25) is 14.6 Å². The monoisotopic (exact) mass is 417 g/mol. The fraction of sp³-hybridized carbons (Fsp3) is 0.739. The van der Waals surface area contributed by atoms with Gasteiger partial charge >= 0.3 is 5.97 Å². The molecule has 166 valence electrons. The summed E-state index contributed by atoms with van der Waals surface area (Å²) in [6.45, 7) is 8.51. The third kappa shape index (κ3) is 4.34. The van der Waals surface area contributed by atoms with Crippen LogP contribution in [0.2, 0.25) is 0 Å². The molecule has 3 aliphatic rings. The Morgan fingerprint density at radius 1 is 1.30 bits per heavy atom. The number of morpholine rings is 1. The van der Waals surface area contributed by atoms with Crippen molar-refractivity contribution in [3.05, 3.63) is 23.9 Å². The second-order valence-electron chi connectivity index (χ2n) is 8.82. The molecule has 0 spiro atoms. The van der Waals surface area contributed by atoms with Gasteiger partial charge in [-0.15, -0.1) is 0 Å². The lowest BCUT2D eigenvalue weighted by Gasteiger charge is -2.52. The third-order valence-corrected chi connectivity index (χ3v) is 7.24. The van der Waals surface area contributed by atoms with Crippen LogP contribution in [0.1, 0.15) is 38.2 Å². The summed E-state index contributed by atoms with van der Waals surface area (Å²) in [4.78, 5) is 22.5. The first-order chi connectivity index (χ1) is 14.7. The zero-order valence-electron chi connectivity index (χ0n) is 18.3. The molecule has 1 aromatic heterocycles. The molecule has 2 aliphatic heterocycles. The van der Waals surface area contributed by atoms with Gasteiger partial charge in [-0.2, -0.15) is 0 Å². The molecule has 0 amide bonds. The Kier molecular flexibility index (Phi) is 6.91. The molecule has 3 fully saturated rings. The quantitative estimate of drug-likeness (QED) is 0.659. The van der Waals surface area contributed by atoms with Gasteiger partial charge in [0.25, 0.3) is 0 Å². The Morgan fingerprint density at radius 2 is 2.13 bits per heavy atom. The third-order valence-electron chi connectivity index (χ3n) is 7.24. The fourth-order valence-electron chi connectivity index (χ4n) is 5.71. The van der Waals surface area contributed by atoms with Crippen molar-refractivity contribution in [3.8, 4) is 5.88 Å². The number of hydrogen-bond acceptors (Lipinski definition) is 7. The molecule has 4 rings (SSSR count). The number of carbonyl (C=O) groups excluding carboxylic acids is 1. The number of hydrogen-bond donors (Lipinski definition) is 0. The first-order valence-corrected chi connectivity index (χ1v) is 11.4. The molecule has 3 atom stereocenters. The van der Waals surface area contributed by atoms with Crippen LogP contribution in [0.3, 0.4) is 0 Å². The van der Waals surface area contributed by atoms with E-state index in [0.29, 0.717) is 24.4 Å². The summed E-state index contributed by atoms with van der Waals surface area (Å²) in [5, 5.41) is 0. The van der Waals surface area contributed by atoms with Crippen LogP contribution in [0.15, 0.2) is 18.3 Å². The highest BCUT2D eigenvalue weighted by Gasteiger charge is 2.53. The number of rotatable bonds is 6. The summed E-state index contributed by atoms with van der Waals surface area (Å²) >= 11 is 0. The van der Waals surface area contributed by atoms with Crippen molar-refractivity contribution in [3.63, 3.8) is 0 Å². The minimum absolute atomic E-state index is 0.00159. The summed E-state index contributed by atoms with van der Waals surface area (Å²) in [6.07, 6.45) is 5.82. The summed E-state index contributed by atoms with van der Waals surface area (Å²) in [7, 11) is 1.66. The van der Waals surface area contributed by atoms with Gasteiger partial charge in [0.1, 0.15) is 0 Å². The Morgan fingerprint density at radius 3 is 2.90 bits per heavy atom. The summed E-state index contributed by atoms with van der Waals surface area (Å²) in [5.41, 5.74) is 0.673. The van der Waals surface area contributed by atoms with Crippen LogP contribution in [0.4, 0.5) is 0 Å². The molecule has 3 heterocycles. The molecule has 0 unspecified atom stereocenters. The highest BCUT2D eigenvalue weighted by atomic mass is 16.5. The predicted octanol–water partition coefficient (Wildman–Crippen LogP) is 2.35. The van der Waals surface area contributed by atoms with Crippen LogP contribution in [-0.2, 0) is 20.8 Å². The minimum atomic E-state index is -0.396. The van der Waals surface area contributed by atoms with E-state index < -0.39 is 5.41 Å². The standard InChI is InChI=1S/C23H35N3O4/c1-3-30-22(27)23-8-6-20(26-11-13-29-14-12-26)15-19(23)7-10-25(17-23)16-18-5-4-9-24-21(18)28-2/h4-5,9,19-20H,3,6-8,10-17H2,1-2H3/t19-,20-,23-/m1/s1. The zero-order valence-corrected chi connectivity index (χ0v) is 18.3. The van der Waals surface area contributed by atoms with E-state index in [-0.39, 0.29) is 5.97 Å². The van der Waals surface area contributed by atoms with Crippen LogP contribution in [0.5, 0.6) is 5.88 Å². The van der Waals surface area contributed by atoms with Gasteiger partial charge in [-0.1, -0.05) is 6.07 Å². The molecule has 1 aromatic rings. The van der Waals surface area contributed by atoms with E-state index in [1.807, 2.05) is 13.0 Å². The van der Waals surface area contributed by atoms with Gasteiger partial charge in [0.15, 0.2) is 0 Å². The van der Waals surface area contributed by atoms with Gasteiger partial charge in [0.2, 0.25) is 5.88 Å². The Balaban J connectivity index is 1.50. The van der Waals surface area contributed by atoms with E-state index in [4.69, 9.17) is 14.2 Å². The average molecular weight is 418 g/mol. The molecule has 0 radical (unpaired) electrons. The van der Waals surface area contributed by atoms with Crippen molar-refractivity contribution in [1.82, 2.24) is 14.8 Å². The van der Waals surface area contributed by atoms with Crippen LogP contribution in [0.25, 0.3) is 0 Å². The number of aromatic nitrogens is 1. The molecular weight excluding hydrogens is 382 g/mol. The average Bonchev–Trinajstić information content (AvgIpc) is 2.79. The lowest BCUT2D eigenvalue weighted by molar-refractivity contribution is -0.170. The topological polar surface area (TPSA) is 64.1 Å². The summed E-state index contributed by atoms with van der Waals surface area (Å²) in [5.74, 6) is 1.05. The first-order valence-electron chi connectivity index (χ1n) is 11.4. The van der Waals surface area contributed by atoms with E-state index in [0.717, 1.165) is 77.2 Å². The van der Waals surface area contributed by atoms with Gasteiger partial charge < -0.3 is 14.2 Å². The molecule has 7 heteroatoms. The Labute approximate surface area is 179 Å². The number of esters is 1. The predicted molar refractivity (Wildman–Crippen MR) is 113 cm³/mol. The van der Waals surface area contributed by atoms with E-state index >= 15 is 0 Å². The molecule has 1 saturated carbocycles. The number of methoxy groups -OCH3 is 1. The van der Waals surface area contributed by atoms with E-state index in [1.54, 1.807) is 13.3 Å². The maximum atomic E-state index is 13.2. The van der Waals surface area contributed by atoms with E-state index in [1.165, 1.54) is 0 Å². The largest absolute Gasteiger partial charge is 0.481 e. The molecule has 0 bridgehead atoms. The number of fused-ring (bicyclic) bond motifs is 1. The number of ether oxygens (including phenoxy) is 3. The van der Waals surface area contributed by atoms with Crippen LogP contribution in [0, 0.1) is 11.3 Å². The highest BCUT2D eigenvalue weighted by molar-refractivity contribution is 5.78. The number of nitrogens with zero attached hydrogens (tertiary/aromatic N) is 3. The Bertz CT molecular complexity index is 724. The van der Waals surface area contributed by atoms with Crippen molar-refractivity contribution in [1.29, 1.82) is 0 Å². The fourth-order valence-corrected chi connectivity index (χ4v) is 5.71. The molecule has 2 saturated heterocycles. The number of carbonyl (C=O) groups is 1. The molecule has 1 aliphatic carbocycles. The van der Waals surface area contributed by atoms with Crippen molar-refractivity contribution >= 4 is 5.97 Å². The first kappa shape index (κ1) is 21.5. The van der Waals surface area contributed by atoms with E-state index in [9.17, 15) is 4.79 Å². The lowest BCUT2D eigenvalue weighted by Crippen LogP contribution is -2.58. The highest BCUT2D eigenvalue weighted by Crippen LogP contribution is 2.48. The Hall–Kier alpha value is -1.70. The van der Waals surface area contributed by atoms with E-state index in [2.05, 4.69) is 20.9 Å². The maximum absolute atomic E-state index is 13.2.